The number of hydrogen-bond donors (Lipinski definition) is 2. The van der Waals surface area contributed by atoms with Crippen LogP contribution in [-0.2, 0) is 7.05 Å². The molecule has 134 valence electrons. The van der Waals surface area contributed by atoms with Gasteiger partial charge in [-0.2, -0.15) is 5.10 Å². The fourth-order valence-corrected chi connectivity index (χ4v) is 3.07. The van der Waals surface area contributed by atoms with Crippen molar-refractivity contribution in [2.75, 3.05) is 7.11 Å². The summed E-state index contributed by atoms with van der Waals surface area (Å²) in [5.41, 5.74) is 0.0663. The number of rotatable bonds is 5. The van der Waals surface area contributed by atoms with Crippen molar-refractivity contribution in [1.29, 1.82) is 0 Å². The molecule has 3 rings (SSSR count). The third-order valence-electron chi connectivity index (χ3n) is 4.47. The van der Waals surface area contributed by atoms with Crippen molar-refractivity contribution in [3.63, 3.8) is 0 Å². The minimum Gasteiger partial charge on any atom is -0.497 e. The van der Waals surface area contributed by atoms with Gasteiger partial charge in [0.2, 0.25) is 0 Å². The standard InChI is InChI=1S/C17H19F2N3O3/c1-22-8-10(7-20-22)16(9-3-11(23)4-9)21-17(24)15-13(18)5-12(25-2)6-14(15)19/h5-9,11,16,23H,3-4H2,1-2H3,(H,21,24)/t9?,11?,16-/m0/s1. The van der Waals surface area contributed by atoms with Crippen molar-refractivity contribution >= 4 is 5.91 Å². The fraction of sp³-hybridized carbons (Fsp3) is 0.412. The Balaban J connectivity index is 1.86. The largest absolute Gasteiger partial charge is 0.497 e. The molecule has 1 heterocycles. The van der Waals surface area contributed by atoms with E-state index in [1.807, 2.05) is 0 Å². The van der Waals surface area contributed by atoms with Gasteiger partial charge in [-0.3, -0.25) is 9.48 Å². The zero-order chi connectivity index (χ0) is 18.1. The van der Waals surface area contributed by atoms with Crippen molar-refractivity contribution in [1.82, 2.24) is 15.1 Å². The molecule has 0 spiro atoms. The molecule has 1 aromatic carbocycles. The lowest BCUT2D eigenvalue weighted by Crippen LogP contribution is -2.41. The van der Waals surface area contributed by atoms with Crippen LogP contribution in [-0.4, -0.2) is 34.0 Å². The van der Waals surface area contributed by atoms with Crippen molar-refractivity contribution in [2.45, 2.75) is 25.0 Å². The number of nitrogens with zero attached hydrogens (tertiary/aromatic N) is 2. The second-order valence-corrected chi connectivity index (χ2v) is 6.25. The Hall–Kier alpha value is -2.48. The summed E-state index contributed by atoms with van der Waals surface area (Å²) in [5.74, 6) is -2.86. The maximum atomic E-state index is 14.1. The summed E-state index contributed by atoms with van der Waals surface area (Å²) >= 11 is 0. The van der Waals surface area contributed by atoms with Crippen molar-refractivity contribution in [3.8, 4) is 5.75 Å². The molecule has 25 heavy (non-hydrogen) atoms. The van der Waals surface area contributed by atoms with Crippen LogP contribution in [0.1, 0.15) is 34.8 Å². The number of aliphatic hydroxyl groups excluding tert-OH is 1. The number of nitrogens with one attached hydrogen (secondary N) is 1. The van der Waals surface area contributed by atoms with Crippen LogP contribution < -0.4 is 10.1 Å². The van der Waals surface area contributed by atoms with Crippen LogP contribution in [0.25, 0.3) is 0 Å². The Morgan fingerprint density at radius 2 is 2.04 bits per heavy atom. The molecule has 1 aliphatic rings. The SMILES string of the molecule is COc1cc(F)c(C(=O)N[C@H](c2cnn(C)c2)C2CC(O)C2)c(F)c1. The summed E-state index contributed by atoms with van der Waals surface area (Å²) in [7, 11) is 3.02. The number of amides is 1. The van der Waals surface area contributed by atoms with Crippen LogP contribution in [0.2, 0.25) is 0 Å². The molecule has 2 N–H and O–H groups in total. The maximum absolute atomic E-state index is 14.1. The second-order valence-electron chi connectivity index (χ2n) is 6.25. The minimum atomic E-state index is -0.993. The van der Waals surface area contributed by atoms with Gasteiger partial charge < -0.3 is 15.2 Å². The molecule has 1 saturated carbocycles. The number of methoxy groups -OCH3 is 1. The number of aromatic nitrogens is 2. The quantitative estimate of drug-likeness (QED) is 0.863. The molecule has 2 aromatic rings. The van der Waals surface area contributed by atoms with Crippen LogP contribution in [0.15, 0.2) is 24.5 Å². The summed E-state index contributed by atoms with van der Waals surface area (Å²) < 4.78 is 34.6. The van der Waals surface area contributed by atoms with E-state index < -0.39 is 35.3 Å². The molecule has 0 saturated heterocycles. The van der Waals surface area contributed by atoms with Gasteiger partial charge in [-0.15, -0.1) is 0 Å². The van der Waals surface area contributed by atoms with Crippen molar-refractivity contribution in [2.24, 2.45) is 13.0 Å². The maximum Gasteiger partial charge on any atom is 0.257 e. The molecule has 1 atom stereocenters. The van der Waals surface area contributed by atoms with Gasteiger partial charge in [0.1, 0.15) is 22.9 Å². The molecular weight excluding hydrogens is 332 g/mol. The van der Waals surface area contributed by atoms with Crippen molar-refractivity contribution in [3.05, 3.63) is 47.3 Å². The number of hydrogen-bond acceptors (Lipinski definition) is 4. The van der Waals surface area contributed by atoms with Gasteiger partial charge in [0.25, 0.3) is 5.91 Å². The van der Waals surface area contributed by atoms with E-state index in [0.29, 0.717) is 12.8 Å². The van der Waals surface area contributed by atoms with E-state index in [-0.39, 0.29) is 11.7 Å². The smallest absolute Gasteiger partial charge is 0.257 e. The predicted octanol–water partition coefficient (Wildman–Crippen LogP) is 1.95. The van der Waals surface area contributed by atoms with E-state index in [0.717, 1.165) is 17.7 Å². The summed E-state index contributed by atoms with van der Waals surface area (Å²) in [6.07, 6.45) is 3.92. The Morgan fingerprint density at radius 3 is 2.52 bits per heavy atom. The first kappa shape index (κ1) is 17.3. The van der Waals surface area contributed by atoms with Gasteiger partial charge in [-0.25, -0.2) is 8.78 Å². The van der Waals surface area contributed by atoms with Gasteiger partial charge in [0, 0.05) is 30.9 Å². The summed E-state index contributed by atoms with van der Waals surface area (Å²) in [5, 5.41) is 16.3. The first-order chi connectivity index (χ1) is 11.9. The highest BCUT2D eigenvalue weighted by molar-refractivity contribution is 5.95. The monoisotopic (exact) mass is 351 g/mol. The van der Waals surface area contributed by atoms with Gasteiger partial charge >= 0.3 is 0 Å². The lowest BCUT2D eigenvalue weighted by Gasteiger charge is -2.37. The second kappa shape index (κ2) is 6.79. The molecular formula is C17H19F2N3O3. The molecule has 0 bridgehead atoms. The lowest BCUT2D eigenvalue weighted by molar-refractivity contribution is 0.0234. The number of halogens is 2. The molecule has 8 heteroatoms. The third-order valence-corrected chi connectivity index (χ3v) is 4.47. The Kier molecular flexibility index (Phi) is 4.71. The Labute approximate surface area is 143 Å². The highest BCUT2D eigenvalue weighted by Crippen LogP contribution is 2.38. The summed E-state index contributed by atoms with van der Waals surface area (Å²) in [6, 6.07) is 1.44. The number of carbonyl (C=O) groups excluding carboxylic acids is 1. The molecule has 0 radical (unpaired) electrons. The van der Waals surface area contributed by atoms with Crippen LogP contribution in [0.3, 0.4) is 0 Å². The average Bonchev–Trinajstić information content (AvgIpc) is 2.95. The number of aryl methyl sites for hydroxylation is 1. The Bertz CT molecular complexity index is 764. The van der Waals surface area contributed by atoms with Gasteiger partial charge in [-0.1, -0.05) is 0 Å². The van der Waals surface area contributed by atoms with E-state index in [1.54, 1.807) is 24.1 Å². The molecule has 0 unspecified atom stereocenters. The van der Waals surface area contributed by atoms with E-state index in [2.05, 4.69) is 10.4 Å². The zero-order valence-corrected chi connectivity index (χ0v) is 13.9. The Morgan fingerprint density at radius 1 is 1.40 bits per heavy atom. The van der Waals surface area contributed by atoms with Crippen LogP contribution >= 0.6 is 0 Å². The van der Waals surface area contributed by atoms with E-state index in [9.17, 15) is 18.7 Å². The van der Waals surface area contributed by atoms with E-state index in [1.165, 1.54) is 7.11 Å². The molecule has 6 nitrogen and oxygen atoms in total. The first-order valence-electron chi connectivity index (χ1n) is 7.89. The average molecular weight is 351 g/mol. The first-order valence-corrected chi connectivity index (χ1v) is 7.89. The predicted molar refractivity (Wildman–Crippen MR) is 85.1 cm³/mol. The van der Waals surface area contributed by atoms with Crippen molar-refractivity contribution < 1.29 is 23.4 Å². The number of benzene rings is 1. The van der Waals surface area contributed by atoms with Gasteiger partial charge in [-0.05, 0) is 18.8 Å². The van der Waals surface area contributed by atoms with Gasteiger partial charge in [0.15, 0.2) is 0 Å². The molecule has 1 aliphatic carbocycles. The van der Waals surface area contributed by atoms with E-state index >= 15 is 0 Å². The molecule has 1 aromatic heterocycles. The third kappa shape index (κ3) is 3.48. The van der Waals surface area contributed by atoms with E-state index in [4.69, 9.17) is 4.74 Å². The summed E-state index contributed by atoms with van der Waals surface area (Å²) in [4.78, 5) is 12.5. The number of carbonyl (C=O) groups is 1. The highest BCUT2D eigenvalue weighted by Gasteiger charge is 2.37. The molecule has 0 aliphatic heterocycles. The normalized spacial score (nSPS) is 20.7. The zero-order valence-electron chi connectivity index (χ0n) is 13.9. The minimum absolute atomic E-state index is 0.00234. The van der Waals surface area contributed by atoms with Gasteiger partial charge in [0.05, 0.1) is 25.5 Å². The van der Waals surface area contributed by atoms with Crippen LogP contribution in [0, 0.1) is 17.6 Å². The highest BCUT2D eigenvalue weighted by atomic mass is 19.1. The fourth-order valence-electron chi connectivity index (χ4n) is 3.07. The molecule has 1 amide bonds. The number of ether oxygens (including phenoxy) is 1. The van der Waals surface area contributed by atoms with Crippen LogP contribution in [0.5, 0.6) is 5.75 Å². The van der Waals surface area contributed by atoms with Crippen LogP contribution in [0.4, 0.5) is 8.78 Å². The topological polar surface area (TPSA) is 76.4 Å². The summed E-state index contributed by atoms with van der Waals surface area (Å²) in [6.45, 7) is 0. The number of aliphatic hydroxyl groups is 1. The lowest BCUT2D eigenvalue weighted by atomic mass is 9.75. The molecule has 1 fully saturated rings.